The number of nitrogens with zero attached hydrogens (tertiary/aromatic N) is 2. The highest BCUT2D eigenvalue weighted by Gasteiger charge is 2.05. The number of hydrogen-bond donors (Lipinski definition) is 3. The number of aromatic nitrogens is 2. The molecule has 0 amide bonds. The highest BCUT2D eigenvalue weighted by molar-refractivity contribution is 7.80. The van der Waals surface area contributed by atoms with Gasteiger partial charge in [-0.2, -0.15) is 5.10 Å². The highest BCUT2D eigenvalue weighted by Crippen LogP contribution is 2.12. The lowest BCUT2D eigenvalue weighted by Crippen LogP contribution is -2.28. The summed E-state index contributed by atoms with van der Waals surface area (Å²) in [6.45, 7) is 2.13. The van der Waals surface area contributed by atoms with Crippen molar-refractivity contribution in [3.05, 3.63) is 16.7 Å². The third kappa shape index (κ3) is 4.70. The predicted octanol–water partition coefficient (Wildman–Crippen LogP) is 1.83. The van der Waals surface area contributed by atoms with E-state index in [0.29, 0.717) is 16.0 Å². The normalized spacial score (nSPS) is 10.8. The van der Waals surface area contributed by atoms with Crippen LogP contribution in [0.25, 0.3) is 0 Å². The van der Waals surface area contributed by atoms with Crippen LogP contribution in [-0.4, -0.2) is 28.3 Å². The molecule has 0 unspecified atom stereocenters. The molecule has 1 rings (SSSR count). The second-order valence-electron chi connectivity index (χ2n) is 3.44. The van der Waals surface area contributed by atoms with Crippen LogP contribution in [-0.2, 0) is 6.42 Å². The molecule has 3 N–H and O–H groups in total. The molecule has 1 heterocycles. The number of imidazole rings is 1. The van der Waals surface area contributed by atoms with E-state index in [1.54, 1.807) is 7.05 Å². The van der Waals surface area contributed by atoms with Gasteiger partial charge < -0.3 is 10.3 Å². The Hall–Kier alpha value is -1.14. The van der Waals surface area contributed by atoms with Crippen molar-refractivity contribution >= 4 is 35.1 Å². The Balaban J connectivity index is 2.58. The summed E-state index contributed by atoms with van der Waals surface area (Å²) in [7, 11) is 1.72. The number of halogens is 1. The number of aromatic amines is 1. The van der Waals surface area contributed by atoms with E-state index in [9.17, 15) is 0 Å². The van der Waals surface area contributed by atoms with Gasteiger partial charge in [-0.05, 0) is 18.6 Å². The number of hydrogen-bond acceptors (Lipinski definition) is 3. The summed E-state index contributed by atoms with van der Waals surface area (Å²) in [5.41, 5.74) is 3.25. The van der Waals surface area contributed by atoms with Crippen molar-refractivity contribution in [3.8, 4) is 0 Å². The molecule has 0 radical (unpaired) electrons. The topological polar surface area (TPSA) is 65.1 Å². The molecule has 1 aromatic rings. The van der Waals surface area contributed by atoms with Gasteiger partial charge in [0.2, 0.25) is 0 Å². The van der Waals surface area contributed by atoms with Crippen LogP contribution < -0.4 is 10.7 Å². The van der Waals surface area contributed by atoms with E-state index >= 15 is 0 Å². The molecule has 17 heavy (non-hydrogen) atoms. The first-order valence-corrected chi connectivity index (χ1v) is 6.21. The van der Waals surface area contributed by atoms with Crippen molar-refractivity contribution in [2.24, 2.45) is 5.10 Å². The Kier molecular flexibility index (Phi) is 5.93. The van der Waals surface area contributed by atoms with Gasteiger partial charge in [-0.1, -0.05) is 24.9 Å². The average Bonchev–Trinajstić information content (AvgIpc) is 2.67. The lowest BCUT2D eigenvalue weighted by atomic mass is 10.2. The minimum atomic E-state index is 0.444. The van der Waals surface area contributed by atoms with Crippen LogP contribution in [0.15, 0.2) is 5.10 Å². The minimum Gasteiger partial charge on any atom is -0.364 e. The smallest absolute Gasteiger partial charge is 0.186 e. The standard InChI is InChI=1S/C10H16ClN5S/c1-3-4-5-8-14-7(9(11)15-8)6-13-16-10(17)12-2/h6H,3-5H2,1-2H3,(H,14,15)(H2,12,16,17)/b13-6+. The summed E-state index contributed by atoms with van der Waals surface area (Å²) in [6.07, 6.45) is 4.65. The first-order chi connectivity index (χ1) is 8.17. The summed E-state index contributed by atoms with van der Waals surface area (Å²) in [5, 5.41) is 7.61. The molecule has 0 aliphatic carbocycles. The molecule has 0 saturated carbocycles. The second-order valence-corrected chi connectivity index (χ2v) is 4.22. The van der Waals surface area contributed by atoms with Crippen LogP contribution in [0.4, 0.5) is 0 Å². The van der Waals surface area contributed by atoms with Gasteiger partial charge in [0.05, 0.1) is 6.21 Å². The molecule has 0 bridgehead atoms. The molecule has 0 aliphatic heterocycles. The Morgan fingerprint density at radius 2 is 2.41 bits per heavy atom. The number of aryl methyl sites for hydroxylation is 1. The number of nitrogens with one attached hydrogen (secondary N) is 3. The Bertz CT molecular complexity index is 401. The Morgan fingerprint density at radius 3 is 3.06 bits per heavy atom. The van der Waals surface area contributed by atoms with Crippen LogP contribution in [0.5, 0.6) is 0 Å². The summed E-state index contributed by atoms with van der Waals surface area (Å²) < 4.78 is 0. The van der Waals surface area contributed by atoms with Gasteiger partial charge in [0.25, 0.3) is 0 Å². The number of thiocarbonyl (C=S) groups is 1. The molecule has 0 spiro atoms. The first-order valence-electron chi connectivity index (χ1n) is 5.42. The second kappa shape index (κ2) is 7.24. The van der Waals surface area contributed by atoms with Crippen LogP contribution in [0.3, 0.4) is 0 Å². The lowest BCUT2D eigenvalue weighted by molar-refractivity contribution is 0.762. The van der Waals surface area contributed by atoms with Crippen LogP contribution >= 0.6 is 23.8 Å². The summed E-state index contributed by atoms with van der Waals surface area (Å²) in [4.78, 5) is 7.35. The highest BCUT2D eigenvalue weighted by atomic mass is 35.5. The maximum absolute atomic E-state index is 5.99. The van der Waals surface area contributed by atoms with Gasteiger partial charge in [0, 0.05) is 13.5 Å². The third-order valence-electron chi connectivity index (χ3n) is 2.08. The number of hydrazone groups is 1. The van der Waals surface area contributed by atoms with E-state index in [4.69, 9.17) is 23.8 Å². The number of H-pyrrole nitrogens is 1. The lowest BCUT2D eigenvalue weighted by Gasteiger charge is -1.98. The first kappa shape index (κ1) is 13.9. The number of rotatable bonds is 5. The maximum atomic E-state index is 5.99. The largest absolute Gasteiger partial charge is 0.364 e. The zero-order chi connectivity index (χ0) is 12.7. The van der Waals surface area contributed by atoms with Crippen LogP contribution in [0, 0.1) is 0 Å². The van der Waals surface area contributed by atoms with Gasteiger partial charge in [0.1, 0.15) is 16.7 Å². The molecule has 5 nitrogen and oxygen atoms in total. The average molecular weight is 274 g/mol. The van der Waals surface area contributed by atoms with Crippen molar-refractivity contribution in [2.45, 2.75) is 26.2 Å². The van der Waals surface area contributed by atoms with Gasteiger partial charge in [-0.15, -0.1) is 0 Å². The molecule has 0 fully saturated rings. The van der Waals surface area contributed by atoms with E-state index in [0.717, 1.165) is 25.1 Å². The zero-order valence-electron chi connectivity index (χ0n) is 9.88. The Morgan fingerprint density at radius 1 is 1.65 bits per heavy atom. The summed E-state index contributed by atoms with van der Waals surface area (Å²) >= 11 is 10.9. The van der Waals surface area contributed by atoms with Crippen molar-refractivity contribution in [2.75, 3.05) is 7.05 Å². The van der Waals surface area contributed by atoms with E-state index in [-0.39, 0.29) is 0 Å². The fourth-order valence-corrected chi connectivity index (χ4v) is 1.42. The van der Waals surface area contributed by atoms with Gasteiger partial charge in [-0.25, -0.2) is 4.98 Å². The molecule has 0 aromatic carbocycles. The summed E-state index contributed by atoms with van der Waals surface area (Å²) in [5.74, 6) is 0.884. The maximum Gasteiger partial charge on any atom is 0.186 e. The van der Waals surface area contributed by atoms with Crippen molar-refractivity contribution < 1.29 is 0 Å². The van der Waals surface area contributed by atoms with Crippen LogP contribution in [0.1, 0.15) is 31.3 Å². The monoisotopic (exact) mass is 273 g/mol. The third-order valence-corrected chi connectivity index (χ3v) is 2.66. The van der Waals surface area contributed by atoms with Crippen LogP contribution in [0.2, 0.25) is 5.15 Å². The Labute approximate surface area is 111 Å². The molecule has 94 valence electrons. The van der Waals surface area contributed by atoms with Crippen molar-refractivity contribution in [1.82, 2.24) is 20.7 Å². The van der Waals surface area contributed by atoms with E-state index in [1.165, 1.54) is 6.21 Å². The molecule has 0 saturated heterocycles. The predicted molar refractivity (Wildman–Crippen MR) is 74.6 cm³/mol. The summed E-state index contributed by atoms with van der Waals surface area (Å²) in [6, 6.07) is 0. The zero-order valence-corrected chi connectivity index (χ0v) is 11.5. The number of unbranched alkanes of at least 4 members (excludes halogenated alkanes) is 1. The molecule has 0 atom stereocenters. The van der Waals surface area contributed by atoms with E-state index in [1.807, 2.05) is 0 Å². The fraction of sp³-hybridized carbons (Fsp3) is 0.500. The fourth-order valence-electron chi connectivity index (χ4n) is 1.17. The molecular formula is C10H16ClN5S. The minimum absolute atomic E-state index is 0.444. The quantitative estimate of drug-likeness (QED) is 0.435. The van der Waals surface area contributed by atoms with Gasteiger partial charge >= 0.3 is 0 Å². The van der Waals surface area contributed by atoms with Crippen molar-refractivity contribution in [1.29, 1.82) is 0 Å². The molecule has 7 heteroatoms. The molecule has 0 aliphatic rings. The van der Waals surface area contributed by atoms with E-state index < -0.39 is 0 Å². The van der Waals surface area contributed by atoms with Crippen molar-refractivity contribution in [3.63, 3.8) is 0 Å². The SMILES string of the molecule is CCCCc1nc(/C=N/NC(=S)NC)c(Cl)[nH]1. The van der Waals surface area contributed by atoms with Gasteiger partial charge in [-0.3, -0.25) is 5.43 Å². The van der Waals surface area contributed by atoms with Gasteiger partial charge in [0.15, 0.2) is 5.11 Å². The molecular weight excluding hydrogens is 258 g/mol. The molecule has 1 aromatic heterocycles. The van der Waals surface area contributed by atoms with E-state index in [2.05, 4.69) is 32.7 Å².